The van der Waals surface area contributed by atoms with E-state index < -0.39 is 0 Å². The van der Waals surface area contributed by atoms with E-state index in [1.54, 1.807) is 0 Å². The molecule has 0 aliphatic carbocycles. The SMILES string of the molecule is CCCCCCCC[N+](CC)(CCCCCCCC)CCCCCCCC.[SH-]. The van der Waals surface area contributed by atoms with Crippen molar-refractivity contribution in [3.8, 4) is 0 Å². The third kappa shape index (κ3) is 18.3. The van der Waals surface area contributed by atoms with Crippen LogP contribution in [0.3, 0.4) is 0 Å². The zero-order chi connectivity index (χ0) is 20.1. The first-order valence-electron chi connectivity index (χ1n) is 13.1. The summed E-state index contributed by atoms with van der Waals surface area (Å²) >= 11 is 0. The van der Waals surface area contributed by atoms with Gasteiger partial charge in [-0.05, 0) is 45.4 Å². The molecule has 0 aromatic rings. The summed E-state index contributed by atoms with van der Waals surface area (Å²) in [6.45, 7) is 15.1. The molecule has 0 aromatic carbocycles. The fraction of sp³-hybridized carbons (Fsp3) is 1.00. The molecule has 0 amide bonds. The second-order valence-corrected chi connectivity index (χ2v) is 9.13. The van der Waals surface area contributed by atoms with E-state index in [9.17, 15) is 0 Å². The van der Waals surface area contributed by atoms with Crippen molar-refractivity contribution in [3.05, 3.63) is 0 Å². The molecule has 0 aliphatic rings. The second kappa shape index (κ2) is 23.6. The van der Waals surface area contributed by atoms with E-state index in [1.807, 2.05) is 0 Å². The van der Waals surface area contributed by atoms with Gasteiger partial charge in [0.1, 0.15) is 0 Å². The van der Waals surface area contributed by atoms with Crippen molar-refractivity contribution in [3.63, 3.8) is 0 Å². The third-order valence-corrected chi connectivity index (χ3v) is 6.63. The van der Waals surface area contributed by atoms with Gasteiger partial charge in [-0.25, -0.2) is 0 Å². The fourth-order valence-electron chi connectivity index (χ4n) is 4.49. The zero-order valence-corrected chi connectivity index (χ0v) is 21.3. The Hall–Kier alpha value is 0.310. The molecule has 0 spiro atoms. The first kappa shape index (κ1) is 30.5. The smallest absolute Gasteiger partial charge is 0.0786 e. The number of hydrogen-bond donors (Lipinski definition) is 0. The standard InChI is InChI=1S/C26H56N.H2S/c1-5-9-12-15-18-21-24-27(8-4,25-22-19-16-13-10-6-2)26-23-20-17-14-11-7-3;/h5-26H2,1-4H3;1H2/q+1;/p-1. The van der Waals surface area contributed by atoms with Crippen LogP contribution in [0.2, 0.25) is 0 Å². The lowest BCUT2D eigenvalue weighted by Gasteiger charge is -2.38. The molecule has 28 heavy (non-hydrogen) atoms. The molecule has 2 heteroatoms. The molecule has 0 N–H and O–H groups in total. The number of thiol groups is 1. The van der Waals surface area contributed by atoms with E-state index in [0.29, 0.717) is 0 Å². The van der Waals surface area contributed by atoms with Crippen LogP contribution in [0.1, 0.15) is 143 Å². The lowest BCUT2D eigenvalue weighted by molar-refractivity contribution is -0.927. The Bertz CT molecular complexity index is 239. The first-order chi connectivity index (χ1) is 13.2. The quantitative estimate of drug-likeness (QED) is 0.0737. The highest BCUT2D eigenvalue weighted by atomic mass is 32.1. The van der Waals surface area contributed by atoms with Crippen LogP contribution >= 0.6 is 0 Å². The minimum absolute atomic E-state index is 0. The predicted molar refractivity (Wildman–Crippen MR) is 134 cm³/mol. The molecular weight excluding hydrogens is 358 g/mol. The van der Waals surface area contributed by atoms with Gasteiger partial charge in [0.2, 0.25) is 0 Å². The Morgan fingerprint density at radius 3 is 0.857 bits per heavy atom. The van der Waals surface area contributed by atoms with Crippen LogP contribution in [0.25, 0.3) is 0 Å². The molecule has 0 rings (SSSR count). The van der Waals surface area contributed by atoms with Crippen molar-refractivity contribution in [1.29, 1.82) is 0 Å². The molecular formula is C26H57NS. The predicted octanol–water partition coefficient (Wildman–Crippen LogP) is 8.63. The van der Waals surface area contributed by atoms with Gasteiger partial charge < -0.3 is 18.0 Å². The van der Waals surface area contributed by atoms with E-state index in [2.05, 4.69) is 27.7 Å². The van der Waals surface area contributed by atoms with Crippen molar-refractivity contribution < 1.29 is 4.48 Å². The van der Waals surface area contributed by atoms with E-state index in [1.165, 1.54) is 146 Å². The second-order valence-electron chi connectivity index (χ2n) is 9.13. The van der Waals surface area contributed by atoms with Crippen LogP contribution in [-0.2, 0) is 13.5 Å². The van der Waals surface area contributed by atoms with Crippen molar-refractivity contribution in [2.24, 2.45) is 0 Å². The Balaban J connectivity index is 0. The van der Waals surface area contributed by atoms with Gasteiger partial charge in [0.15, 0.2) is 0 Å². The molecule has 0 fully saturated rings. The van der Waals surface area contributed by atoms with Crippen LogP contribution in [0.15, 0.2) is 0 Å². The van der Waals surface area contributed by atoms with Gasteiger partial charge in [0.05, 0.1) is 26.2 Å². The normalized spacial score (nSPS) is 11.6. The average Bonchev–Trinajstić information content (AvgIpc) is 2.69. The van der Waals surface area contributed by atoms with E-state index in [4.69, 9.17) is 0 Å². The van der Waals surface area contributed by atoms with Crippen molar-refractivity contribution in [2.75, 3.05) is 26.2 Å². The summed E-state index contributed by atoms with van der Waals surface area (Å²) in [5.74, 6) is 0. The Kier molecular flexibility index (Phi) is 25.7. The Morgan fingerprint density at radius 1 is 0.357 bits per heavy atom. The van der Waals surface area contributed by atoms with Gasteiger partial charge in [0.25, 0.3) is 0 Å². The summed E-state index contributed by atoms with van der Waals surface area (Å²) in [6.07, 6.45) is 25.9. The van der Waals surface area contributed by atoms with Crippen LogP contribution in [0.4, 0.5) is 0 Å². The number of rotatable bonds is 22. The van der Waals surface area contributed by atoms with Gasteiger partial charge in [-0.1, -0.05) is 97.8 Å². The molecule has 0 saturated carbocycles. The van der Waals surface area contributed by atoms with Gasteiger partial charge >= 0.3 is 0 Å². The largest absolute Gasteiger partial charge is 0.813 e. The first-order valence-corrected chi connectivity index (χ1v) is 13.1. The zero-order valence-electron chi connectivity index (χ0n) is 20.5. The van der Waals surface area contributed by atoms with Gasteiger partial charge in [-0.2, -0.15) is 0 Å². The van der Waals surface area contributed by atoms with Crippen molar-refractivity contribution in [2.45, 2.75) is 143 Å². The average molecular weight is 416 g/mol. The summed E-state index contributed by atoms with van der Waals surface area (Å²) < 4.78 is 1.43. The van der Waals surface area contributed by atoms with Crippen LogP contribution < -0.4 is 0 Å². The number of unbranched alkanes of at least 4 members (excludes halogenated alkanes) is 15. The van der Waals surface area contributed by atoms with Gasteiger partial charge in [-0.15, -0.1) is 0 Å². The highest BCUT2D eigenvalue weighted by molar-refractivity contribution is 7.37. The number of nitrogens with zero attached hydrogens (tertiary/aromatic N) is 1. The van der Waals surface area contributed by atoms with E-state index >= 15 is 0 Å². The van der Waals surface area contributed by atoms with Crippen molar-refractivity contribution >= 4 is 13.5 Å². The summed E-state index contributed by atoms with van der Waals surface area (Å²) in [5, 5.41) is 0. The number of quaternary nitrogens is 1. The molecule has 0 bridgehead atoms. The van der Waals surface area contributed by atoms with E-state index in [-0.39, 0.29) is 13.5 Å². The lowest BCUT2D eigenvalue weighted by atomic mass is 10.1. The maximum atomic E-state index is 2.46. The van der Waals surface area contributed by atoms with Crippen molar-refractivity contribution in [1.82, 2.24) is 0 Å². The maximum absolute atomic E-state index is 2.46. The molecule has 0 aliphatic heterocycles. The Morgan fingerprint density at radius 2 is 0.607 bits per heavy atom. The van der Waals surface area contributed by atoms with Crippen LogP contribution in [0.5, 0.6) is 0 Å². The Labute approximate surface area is 187 Å². The molecule has 1 nitrogen and oxygen atoms in total. The molecule has 0 aromatic heterocycles. The summed E-state index contributed by atoms with van der Waals surface area (Å²) in [7, 11) is 0. The topological polar surface area (TPSA) is 0 Å². The summed E-state index contributed by atoms with van der Waals surface area (Å²) in [4.78, 5) is 0. The monoisotopic (exact) mass is 415 g/mol. The minimum Gasteiger partial charge on any atom is -0.813 e. The summed E-state index contributed by atoms with van der Waals surface area (Å²) in [6, 6.07) is 0. The maximum Gasteiger partial charge on any atom is 0.0786 e. The summed E-state index contributed by atoms with van der Waals surface area (Å²) in [5.41, 5.74) is 0. The minimum atomic E-state index is 0. The van der Waals surface area contributed by atoms with E-state index in [0.717, 1.165) is 0 Å². The molecule has 0 heterocycles. The van der Waals surface area contributed by atoms with Gasteiger partial charge in [0, 0.05) is 0 Å². The fourth-order valence-corrected chi connectivity index (χ4v) is 4.49. The molecule has 0 unspecified atom stereocenters. The molecule has 0 atom stereocenters. The van der Waals surface area contributed by atoms with Crippen LogP contribution in [-0.4, -0.2) is 30.7 Å². The molecule has 0 saturated heterocycles. The lowest BCUT2D eigenvalue weighted by Crippen LogP contribution is -2.50. The highest BCUT2D eigenvalue weighted by Crippen LogP contribution is 2.18. The molecule has 172 valence electrons. The van der Waals surface area contributed by atoms with Gasteiger partial charge in [-0.3, -0.25) is 0 Å². The highest BCUT2D eigenvalue weighted by Gasteiger charge is 2.23. The number of hydrogen-bond acceptors (Lipinski definition) is 1. The molecule has 0 radical (unpaired) electrons. The third-order valence-electron chi connectivity index (χ3n) is 6.63. The van der Waals surface area contributed by atoms with Crippen LogP contribution in [0, 0.1) is 0 Å².